The Bertz CT molecular complexity index is 535. The molecule has 2 aromatic carbocycles. The largest absolute Gasteiger partial charge is 0.324 e. The molecule has 2 aromatic rings. The van der Waals surface area contributed by atoms with Crippen LogP contribution < -0.4 is 5.73 Å². The maximum Gasteiger partial charge on any atom is 0.0406 e. The summed E-state index contributed by atoms with van der Waals surface area (Å²) in [6.07, 6.45) is 2.00. The minimum atomic E-state index is -0.0742. The Labute approximate surface area is 113 Å². The summed E-state index contributed by atoms with van der Waals surface area (Å²) >= 11 is 5.91. The zero-order valence-corrected chi connectivity index (χ0v) is 10.9. The zero-order valence-electron chi connectivity index (χ0n) is 10.1. The first kappa shape index (κ1) is 11.8. The second-order valence-corrected chi connectivity index (χ2v) is 5.64. The van der Waals surface area contributed by atoms with Gasteiger partial charge in [0.05, 0.1) is 0 Å². The van der Waals surface area contributed by atoms with Crippen LogP contribution in [0.15, 0.2) is 54.6 Å². The van der Waals surface area contributed by atoms with Crippen molar-refractivity contribution in [2.75, 3.05) is 0 Å². The van der Waals surface area contributed by atoms with Crippen LogP contribution in [0.3, 0.4) is 0 Å². The van der Waals surface area contributed by atoms with E-state index in [9.17, 15) is 0 Å². The van der Waals surface area contributed by atoms with E-state index in [0.29, 0.717) is 5.92 Å². The third-order valence-corrected chi connectivity index (χ3v) is 4.02. The van der Waals surface area contributed by atoms with Crippen LogP contribution in [0.1, 0.15) is 23.5 Å². The van der Waals surface area contributed by atoms with Gasteiger partial charge in [0.2, 0.25) is 0 Å². The maximum atomic E-state index is 6.46. The van der Waals surface area contributed by atoms with Crippen molar-refractivity contribution >= 4 is 11.6 Å². The first-order valence-electron chi connectivity index (χ1n) is 6.26. The molecule has 2 N–H and O–H groups in total. The van der Waals surface area contributed by atoms with Gasteiger partial charge in [-0.3, -0.25) is 0 Å². The quantitative estimate of drug-likeness (QED) is 0.890. The van der Waals surface area contributed by atoms with Crippen LogP contribution in [-0.2, 0) is 6.42 Å². The highest BCUT2D eigenvalue weighted by Gasteiger charge is 2.51. The molecule has 1 aliphatic rings. The standard InChI is InChI=1S/C16H16ClN/c17-14-8-6-13(7-9-14)15-11-16(15,18)10-12-4-2-1-3-5-12/h1-9,15H,10-11,18H2/t15-,16+/m0/s1. The molecule has 18 heavy (non-hydrogen) atoms. The number of hydrogen-bond donors (Lipinski definition) is 1. The molecule has 2 atom stereocenters. The summed E-state index contributed by atoms with van der Waals surface area (Å²) in [6.45, 7) is 0. The lowest BCUT2D eigenvalue weighted by Gasteiger charge is -2.12. The summed E-state index contributed by atoms with van der Waals surface area (Å²) in [5.41, 5.74) is 9.01. The van der Waals surface area contributed by atoms with E-state index in [1.54, 1.807) is 0 Å². The molecule has 1 aliphatic carbocycles. The number of halogens is 1. The van der Waals surface area contributed by atoms with E-state index < -0.39 is 0 Å². The van der Waals surface area contributed by atoms with E-state index in [2.05, 4.69) is 36.4 Å². The molecule has 0 amide bonds. The number of nitrogens with two attached hydrogens (primary N) is 1. The second-order valence-electron chi connectivity index (χ2n) is 5.20. The van der Waals surface area contributed by atoms with Crippen LogP contribution in [0.4, 0.5) is 0 Å². The molecule has 1 nitrogen and oxygen atoms in total. The summed E-state index contributed by atoms with van der Waals surface area (Å²) in [4.78, 5) is 0. The van der Waals surface area contributed by atoms with E-state index in [1.165, 1.54) is 11.1 Å². The van der Waals surface area contributed by atoms with Gasteiger partial charge in [0, 0.05) is 16.5 Å². The monoisotopic (exact) mass is 257 g/mol. The molecule has 0 aromatic heterocycles. The van der Waals surface area contributed by atoms with E-state index >= 15 is 0 Å². The third-order valence-electron chi connectivity index (χ3n) is 3.77. The fourth-order valence-corrected chi connectivity index (χ4v) is 2.76. The Morgan fingerprint density at radius 3 is 2.39 bits per heavy atom. The van der Waals surface area contributed by atoms with Crippen molar-refractivity contribution in [1.29, 1.82) is 0 Å². The zero-order chi connectivity index (χ0) is 12.6. The van der Waals surface area contributed by atoms with Gasteiger partial charge in [-0.25, -0.2) is 0 Å². The average Bonchev–Trinajstić information content (AvgIpc) is 3.03. The Morgan fingerprint density at radius 2 is 1.72 bits per heavy atom. The molecule has 1 saturated carbocycles. The first-order chi connectivity index (χ1) is 8.67. The summed E-state index contributed by atoms with van der Waals surface area (Å²) in [5.74, 6) is 0.468. The van der Waals surface area contributed by atoms with Crippen LogP contribution in [0.25, 0.3) is 0 Å². The van der Waals surface area contributed by atoms with Crippen molar-refractivity contribution in [3.63, 3.8) is 0 Å². The molecule has 0 spiro atoms. The van der Waals surface area contributed by atoms with E-state index in [-0.39, 0.29) is 5.54 Å². The molecule has 0 heterocycles. The van der Waals surface area contributed by atoms with Crippen LogP contribution in [0, 0.1) is 0 Å². The van der Waals surface area contributed by atoms with Crippen molar-refractivity contribution in [1.82, 2.24) is 0 Å². The molecule has 0 saturated heterocycles. The van der Waals surface area contributed by atoms with Gasteiger partial charge in [-0.05, 0) is 36.1 Å². The van der Waals surface area contributed by atoms with Gasteiger partial charge in [0.1, 0.15) is 0 Å². The third kappa shape index (κ3) is 2.29. The topological polar surface area (TPSA) is 26.0 Å². The fourth-order valence-electron chi connectivity index (χ4n) is 2.64. The molecule has 2 heteroatoms. The highest BCUT2D eigenvalue weighted by molar-refractivity contribution is 6.30. The van der Waals surface area contributed by atoms with Crippen molar-refractivity contribution in [3.8, 4) is 0 Å². The number of hydrogen-bond acceptors (Lipinski definition) is 1. The molecule has 0 radical (unpaired) electrons. The molecule has 0 unspecified atom stereocenters. The SMILES string of the molecule is N[C@]1(Cc2ccccc2)C[C@H]1c1ccc(Cl)cc1. The lowest BCUT2D eigenvalue weighted by Crippen LogP contribution is -2.27. The van der Waals surface area contributed by atoms with Crippen LogP contribution in [-0.4, -0.2) is 5.54 Å². The van der Waals surface area contributed by atoms with Crippen LogP contribution in [0.2, 0.25) is 5.02 Å². The van der Waals surface area contributed by atoms with Gasteiger partial charge >= 0.3 is 0 Å². The van der Waals surface area contributed by atoms with Gasteiger partial charge in [0.15, 0.2) is 0 Å². The predicted octanol–water partition coefficient (Wildman–Crippen LogP) is 3.77. The van der Waals surface area contributed by atoms with Crippen LogP contribution in [0.5, 0.6) is 0 Å². The fraction of sp³-hybridized carbons (Fsp3) is 0.250. The number of rotatable bonds is 3. The molecule has 0 aliphatic heterocycles. The van der Waals surface area contributed by atoms with Crippen molar-refractivity contribution in [2.24, 2.45) is 5.73 Å². The summed E-state index contributed by atoms with van der Waals surface area (Å²) in [6, 6.07) is 18.5. The molecular formula is C16H16ClN. The highest BCUT2D eigenvalue weighted by Crippen LogP contribution is 2.51. The van der Waals surface area contributed by atoms with Crippen molar-refractivity contribution in [2.45, 2.75) is 24.3 Å². The lowest BCUT2D eigenvalue weighted by molar-refractivity contribution is 0.646. The van der Waals surface area contributed by atoms with Gasteiger partial charge in [0.25, 0.3) is 0 Å². The summed E-state index contributed by atoms with van der Waals surface area (Å²) in [5, 5.41) is 0.782. The molecule has 92 valence electrons. The van der Waals surface area contributed by atoms with Gasteiger partial charge in [-0.1, -0.05) is 54.1 Å². The molecule has 1 fully saturated rings. The van der Waals surface area contributed by atoms with E-state index in [1.807, 2.05) is 18.2 Å². The Balaban J connectivity index is 1.74. The minimum Gasteiger partial charge on any atom is -0.324 e. The highest BCUT2D eigenvalue weighted by atomic mass is 35.5. The Hall–Kier alpha value is -1.31. The Kier molecular flexibility index (Phi) is 2.89. The van der Waals surface area contributed by atoms with Crippen molar-refractivity contribution in [3.05, 3.63) is 70.7 Å². The molecule has 0 bridgehead atoms. The maximum absolute atomic E-state index is 6.46. The minimum absolute atomic E-state index is 0.0742. The van der Waals surface area contributed by atoms with E-state index in [4.69, 9.17) is 17.3 Å². The second kappa shape index (κ2) is 4.42. The molecular weight excluding hydrogens is 242 g/mol. The normalized spacial score (nSPS) is 26.0. The summed E-state index contributed by atoms with van der Waals surface area (Å²) in [7, 11) is 0. The van der Waals surface area contributed by atoms with Gasteiger partial charge in [-0.2, -0.15) is 0 Å². The number of benzene rings is 2. The Morgan fingerprint density at radius 1 is 1.06 bits per heavy atom. The van der Waals surface area contributed by atoms with Crippen molar-refractivity contribution < 1.29 is 0 Å². The van der Waals surface area contributed by atoms with Gasteiger partial charge < -0.3 is 5.73 Å². The predicted molar refractivity (Wildman–Crippen MR) is 75.9 cm³/mol. The summed E-state index contributed by atoms with van der Waals surface area (Å²) < 4.78 is 0. The van der Waals surface area contributed by atoms with Gasteiger partial charge in [-0.15, -0.1) is 0 Å². The molecule has 3 rings (SSSR count). The first-order valence-corrected chi connectivity index (χ1v) is 6.63. The van der Waals surface area contributed by atoms with Crippen LogP contribution >= 0.6 is 11.6 Å². The lowest BCUT2D eigenvalue weighted by atomic mass is 10.00. The smallest absolute Gasteiger partial charge is 0.0406 e. The average molecular weight is 258 g/mol. The van der Waals surface area contributed by atoms with E-state index in [0.717, 1.165) is 17.9 Å².